The van der Waals surface area contributed by atoms with Gasteiger partial charge in [0.15, 0.2) is 5.82 Å². The number of hydrogen-bond donors (Lipinski definition) is 0. The van der Waals surface area contributed by atoms with Crippen molar-refractivity contribution in [1.82, 2.24) is 9.97 Å². The SMILES string of the molecule is CC(C)(C)c1ccc2c(c1)N(c1ccc(-c3ccccc3)cc1)c1cc(-c3cc(-c4cc(-c5ccccc5)cc(-c5ccccc5)c4)nc(-c4cc(-c5ccccc5)cc(-c5ccccc5)c4)n3)cc3c1B2c1ccc(C(C)(C)C)cc1N3c1ccc(-c2ccccc2)cc1. The molecule has 0 fully saturated rings. The molecular formula is C90H71BN4. The lowest BCUT2D eigenvalue weighted by molar-refractivity contribution is 0.590. The second-order valence-electron chi connectivity index (χ2n) is 27.4. The predicted molar refractivity (Wildman–Crippen MR) is 402 cm³/mol. The van der Waals surface area contributed by atoms with Gasteiger partial charge in [-0.05, 0) is 196 Å². The molecule has 16 rings (SSSR count). The molecule has 1 aromatic heterocycles. The quantitative estimate of drug-likeness (QED) is 0.121. The summed E-state index contributed by atoms with van der Waals surface area (Å²) in [6.45, 7) is 13.8. The Hall–Kier alpha value is -11.4. The number of benzene rings is 13. The van der Waals surface area contributed by atoms with Crippen molar-refractivity contribution in [2.45, 2.75) is 52.4 Å². The fraction of sp³-hybridized carbons (Fsp3) is 0.0889. The van der Waals surface area contributed by atoms with Crippen molar-refractivity contribution in [3.8, 4) is 101 Å². The summed E-state index contributed by atoms with van der Waals surface area (Å²) in [6.07, 6.45) is 0. The molecule has 2 aliphatic rings. The Morgan fingerprint density at radius 1 is 0.242 bits per heavy atom. The molecule has 0 amide bonds. The number of anilines is 6. The van der Waals surface area contributed by atoms with Crippen molar-refractivity contribution in [2.75, 3.05) is 9.80 Å². The van der Waals surface area contributed by atoms with Crippen LogP contribution in [0.4, 0.5) is 34.1 Å². The second kappa shape index (κ2) is 23.9. The molecule has 0 unspecified atom stereocenters. The normalized spacial score (nSPS) is 12.5. The molecule has 0 aliphatic carbocycles. The van der Waals surface area contributed by atoms with Gasteiger partial charge in [0.05, 0.1) is 11.4 Å². The lowest BCUT2D eigenvalue weighted by Crippen LogP contribution is -2.61. The highest BCUT2D eigenvalue weighted by molar-refractivity contribution is 7.00. The highest BCUT2D eigenvalue weighted by Gasteiger charge is 2.44. The van der Waals surface area contributed by atoms with Gasteiger partial charge < -0.3 is 9.80 Å². The van der Waals surface area contributed by atoms with Crippen LogP contribution < -0.4 is 26.2 Å². The molecule has 95 heavy (non-hydrogen) atoms. The van der Waals surface area contributed by atoms with E-state index in [1.54, 1.807) is 0 Å². The summed E-state index contributed by atoms with van der Waals surface area (Å²) in [5.41, 5.74) is 30.8. The summed E-state index contributed by atoms with van der Waals surface area (Å²) < 4.78 is 0. The van der Waals surface area contributed by atoms with Gasteiger partial charge in [-0.25, -0.2) is 9.97 Å². The van der Waals surface area contributed by atoms with Crippen molar-refractivity contribution in [3.63, 3.8) is 0 Å². The van der Waals surface area contributed by atoms with E-state index in [4.69, 9.17) is 9.97 Å². The van der Waals surface area contributed by atoms with E-state index < -0.39 is 0 Å². The van der Waals surface area contributed by atoms with Crippen LogP contribution in [-0.2, 0) is 10.8 Å². The van der Waals surface area contributed by atoms with Crippen molar-refractivity contribution in [2.24, 2.45) is 0 Å². The molecule has 0 radical (unpaired) electrons. The van der Waals surface area contributed by atoms with Gasteiger partial charge in [0.2, 0.25) is 0 Å². The summed E-state index contributed by atoms with van der Waals surface area (Å²) in [6, 6.07) is 118. The Bertz CT molecular complexity index is 4720. The van der Waals surface area contributed by atoms with E-state index in [0.29, 0.717) is 5.82 Å². The Kier molecular flexibility index (Phi) is 14.8. The zero-order valence-electron chi connectivity index (χ0n) is 54.5. The summed E-state index contributed by atoms with van der Waals surface area (Å²) >= 11 is 0. The maximum absolute atomic E-state index is 5.91. The minimum absolute atomic E-state index is 0.118. The summed E-state index contributed by atoms with van der Waals surface area (Å²) in [5.74, 6) is 0.630. The van der Waals surface area contributed by atoms with Crippen molar-refractivity contribution in [1.29, 1.82) is 0 Å². The highest BCUT2D eigenvalue weighted by Crippen LogP contribution is 2.49. The van der Waals surface area contributed by atoms with Crippen LogP contribution in [0.2, 0.25) is 0 Å². The van der Waals surface area contributed by atoms with Gasteiger partial charge in [0.1, 0.15) is 0 Å². The summed E-state index contributed by atoms with van der Waals surface area (Å²) in [5, 5.41) is 0. The van der Waals surface area contributed by atoms with Crippen LogP contribution >= 0.6 is 0 Å². The maximum Gasteiger partial charge on any atom is 0.252 e. The predicted octanol–water partition coefficient (Wildman–Crippen LogP) is 22.2. The third-order valence-corrected chi connectivity index (χ3v) is 19.1. The summed E-state index contributed by atoms with van der Waals surface area (Å²) in [7, 11) is 0. The topological polar surface area (TPSA) is 32.3 Å². The minimum Gasteiger partial charge on any atom is -0.311 e. The molecule has 0 bridgehead atoms. The first-order valence-corrected chi connectivity index (χ1v) is 33.1. The monoisotopic (exact) mass is 1220 g/mol. The fourth-order valence-corrected chi connectivity index (χ4v) is 14.1. The van der Waals surface area contributed by atoms with Crippen LogP contribution in [0, 0.1) is 0 Å². The first kappa shape index (κ1) is 58.7. The number of nitrogens with zero attached hydrogens (tertiary/aromatic N) is 4. The molecule has 0 spiro atoms. The van der Waals surface area contributed by atoms with Crippen molar-refractivity contribution in [3.05, 3.63) is 333 Å². The average Bonchev–Trinajstić information content (AvgIpc) is 0.695. The molecular weight excluding hydrogens is 1150 g/mol. The van der Waals surface area contributed by atoms with E-state index in [9.17, 15) is 0 Å². The van der Waals surface area contributed by atoms with E-state index in [-0.39, 0.29) is 17.5 Å². The van der Waals surface area contributed by atoms with Crippen LogP contribution in [0.5, 0.6) is 0 Å². The van der Waals surface area contributed by atoms with E-state index in [1.165, 1.54) is 50.0 Å². The first-order valence-electron chi connectivity index (χ1n) is 33.1. The average molecular weight is 1220 g/mol. The zero-order chi connectivity index (χ0) is 64.4. The third-order valence-electron chi connectivity index (χ3n) is 19.1. The molecule has 14 aromatic rings. The van der Waals surface area contributed by atoms with Gasteiger partial charge >= 0.3 is 0 Å². The molecule has 3 heterocycles. The molecule has 0 atom stereocenters. The Labute approximate surface area is 559 Å². The van der Waals surface area contributed by atoms with E-state index in [2.05, 4.69) is 373 Å². The summed E-state index contributed by atoms with van der Waals surface area (Å²) in [4.78, 5) is 16.8. The molecule has 454 valence electrons. The van der Waals surface area contributed by atoms with Crippen molar-refractivity contribution >= 4 is 57.2 Å². The van der Waals surface area contributed by atoms with Crippen LogP contribution in [-0.4, -0.2) is 16.7 Å². The largest absolute Gasteiger partial charge is 0.311 e. The van der Waals surface area contributed by atoms with Gasteiger partial charge in [-0.1, -0.05) is 272 Å². The lowest BCUT2D eigenvalue weighted by Gasteiger charge is -2.45. The van der Waals surface area contributed by atoms with E-state index >= 15 is 0 Å². The minimum atomic E-state index is -0.135. The van der Waals surface area contributed by atoms with Crippen molar-refractivity contribution < 1.29 is 0 Å². The first-order chi connectivity index (χ1) is 46.3. The molecule has 13 aromatic carbocycles. The van der Waals surface area contributed by atoms with Gasteiger partial charge in [-0.3, -0.25) is 0 Å². The number of fused-ring (bicyclic) bond motifs is 4. The number of rotatable bonds is 11. The van der Waals surface area contributed by atoms with Gasteiger partial charge in [0, 0.05) is 50.8 Å². The number of aromatic nitrogens is 2. The van der Waals surface area contributed by atoms with Gasteiger partial charge in [-0.15, -0.1) is 0 Å². The van der Waals surface area contributed by atoms with Crippen LogP contribution in [0.1, 0.15) is 52.7 Å². The molecule has 0 N–H and O–H groups in total. The Morgan fingerprint density at radius 2 is 0.526 bits per heavy atom. The van der Waals surface area contributed by atoms with Crippen LogP contribution in [0.25, 0.3) is 101 Å². The third kappa shape index (κ3) is 11.2. The highest BCUT2D eigenvalue weighted by atomic mass is 15.2. The van der Waals surface area contributed by atoms with E-state index in [1.807, 2.05) is 0 Å². The number of hydrogen-bond acceptors (Lipinski definition) is 4. The maximum atomic E-state index is 5.91. The lowest BCUT2D eigenvalue weighted by atomic mass is 9.33. The Morgan fingerprint density at radius 3 is 0.853 bits per heavy atom. The van der Waals surface area contributed by atoms with Crippen LogP contribution in [0.15, 0.2) is 322 Å². The van der Waals surface area contributed by atoms with Gasteiger partial charge in [0.25, 0.3) is 6.71 Å². The molecule has 5 heteroatoms. The zero-order valence-corrected chi connectivity index (χ0v) is 54.5. The standard InChI is InChI=1S/C90H71BN4/c1-89(2,3)75-41-47-79-83(57-75)94(77-43-37-66(38-44-77)60-25-13-7-14-26-60)85-55-73(56-86-87(85)91(79)80-48-42-76(90(4,5)6)58-84(80)95(86)78-45-39-67(40-46-78)61-27-15-8-16-28-61)82-59-81(72-51-68(62-29-17-9-18-30-62)49-69(52-72)63-31-19-10-20-32-63)92-88(93-82)74-53-70(64-33-21-11-22-34-64)50-71(54-74)65-35-23-12-24-36-65/h7-59H,1-6H3. The Balaban J connectivity index is 1.01. The van der Waals surface area contributed by atoms with Crippen LogP contribution in [0.3, 0.4) is 0 Å². The molecule has 4 nitrogen and oxygen atoms in total. The van der Waals surface area contributed by atoms with E-state index in [0.717, 1.165) is 106 Å². The molecule has 0 saturated carbocycles. The molecule has 2 aliphatic heterocycles. The van der Waals surface area contributed by atoms with Gasteiger partial charge in [-0.2, -0.15) is 0 Å². The smallest absolute Gasteiger partial charge is 0.252 e. The second-order valence-corrected chi connectivity index (χ2v) is 27.4. The molecule has 0 saturated heterocycles. The fourth-order valence-electron chi connectivity index (χ4n) is 14.1.